The molecule has 0 bridgehead atoms. The van der Waals surface area contributed by atoms with Crippen LogP contribution < -0.4 is 0 Å². The Morgan fingerprint density at radius 1 is 1.38 bits per heavy atom. The van der Waals surface area contributed by atoms with Gasteiger partial charge in [-0.1, -0.05) is 13.3 Å². The molecule has 0 amide bonds. The fourth-order valence-electron chi connectivity index (χ4n) is 2.36. The van der Waals surface area contributed by atoms with Gasteiger partial charge in [0, 0.05) is 0 Å². The van der Waals surface area contributed by atoms with Crippen LogP contribution in [0.3, 0.4) is 0 Å². The van der Waals surface area contributed by atoms with E-state index in [0.717, 1.165) is 12.8 Å². The summed E-state index contributed by atoms with van der Waals surface area (Å²) >= 11 is 0. The van der Waals surface area contributed by atoms with E-state index in [9.17, 15) is 9.67 Å². The topological polar surface area (TPSA) is 55.8 Å². The molecule has 1 aliphatic carbocycles. The van der Waals surface area contributed by atoms with E-state index >= 15 is 0 Å². The lowest BCUT2D eigenvalue weighted by molar-refractivity contribution is 0.0224. The molecule has 2 atom stereocenters. The van der Waals surface area contributed by atoms with Crippen LogP contribution in [-0.2, 0) is 13.6 Å². The van der Waals surface area contributed by atoms with Gasteiger partial charge in [0.05, 0.1) is 13.2 Å². The molecule has 0 saturated heterocycles. The van der Waals surface area contributed by atoms with E-state index in [-0.39, 0.29) is 0 Å². The van der Waals surface area contributed by atoms with E-state index in [4.69, 9.17) is 9.05 Å². The predicted octanol–water partition coefficient (Wildman–Crippen LogP) is 3.15. The Balaban J connectivity index is 2.86. The summed E-state index contributed by atoms with van der Waals surface area (Å²) in [5, 5.41) is 9.23. The number of hydrogen-bond donors (Lipinski definition) is 1. The summed E-state index contributed by atoms with van der Waals surface area (Å²) in [6.45, 7) is 6.19. The van der Waals surface area contributed by atoms with Gasteiger partial charge in [0.25, 0.3) is 0 Å². The van der Waals surface area contributed by atoms with Crippen molar-refractivity contribution in [2.75, 3.05) is 13.2 Å². The molecule has 0 radical (unpaired) electrons. The Hall–Kier alpha value is 0.110. The van der Waals surface area contributed by atoms with Crippen LogP contribution in [0.2, 0.25) is 0 Å². The van der Waals surface area contributed by atoms with Crippen LogP contribution in [0.1, 0.15) is 46.5 Å². The van der Waals surface area contributed by atoms with Crippen molar-refractivity contribution in [3.63, 3.8) is 0 Å². The first-order valence-corrected chi connectivity index (χ1v) is 7.63. The van der Waals surface area contributed by atoms with Crippen LogP contribution in [0.5, 0.6) is 0 Å². The van der Waals surface area contributed by atoms with Gasteiger partial charge >= 0.3 is 7.60 Å². The van der Waals surface area contributed by atoms with Gasteiger partial charge < -0.3 is 14.2 Å². The van der Waals surface area contributed by atoms with E-state index in [1.165, 1.54) is 0 Å². The molecular weight excluding hydrogens is 227 g/mol. The summed E-state index contributed by atoms with van der Waals surface area (Å²) in [5.41, 5.74) is 0. The highest BCUT2D eigenvalue weighted by Crippen LogP contribution is 2.64. The predicted molar refractivity (Wildman–Crippen MR) is 63.4 cm³/mol. The number of hydrogen-bond acceptors (Lipinski definition) is 4. The molecule has 0 aliphatic heterocycles. The Labute approximate surface area is 97.9 Å². The zero-order chi connectivity index (χ0) is 12.2. The Morgan fingerprint density at radius 2 is 1.94 bits per heavy atom. The zero-order valence-corrected chi connectivity index (χ0v) is 11.3. The van der Waals surface area contributed by atoms with Crippen LogP contribution in [0, 0.1) is 5.92 Å². The second-order valence-corrected chi connectivity index (χ2v) is 6.86. The molecule has 1 rings (SSSR count). The van der Waals surface area contributed by atoms with Gasteiger partial charge in [-0.2, -0.15) is 0 Å². The minimum absolute atomic E-state index is 0.300. The van der Waals surface area contributed by atoms with Gasteiger partial charge in [-0.25, -0.2) is 0 Å². The summed E-state index contributed by atoms with van der Waals surface area (Å²) in [7, 11) is -3.39. The van der Waals surface area contributed by atoms with Gasteiger partial charge in [-0.3, -0.25) is 4.57 Å². The Kier molecular flexibility index (Phi) is 4.99. The molecule has 1 aliphatic rings. The van der Waals surface area contributed by atoms with Crippen molar-refractivity contribution in [2.45, 2.75) is 51.8 Å². The summed E-state index contributed by atoms with van der Waals surface area (Å²) in [6.07, 6.45) is 2.96. The largest absolute Gasteiger partial charge is 0.377 e. The monoisotopic (exact) mass is 250 g/mol. The highest BCUT2D eigenvalue weighted by molar-refractivity contribution is 7.55. The van der Waals surface area contributed by atoms with Gasteiger partial charge in [-0.05, 0) is 39.0 Å². The molecule has 0 heterocycles. The molecule has 96 valence electrons. The van der Waals surface area contributed by atoms with Crippen molar-refractivity contribution < 1.29 is 18.7 Å². The number of rotatable bonds is 5. The maximum Gasteiger partial charge on any atom is 0.361 e. The average molecular weight is 250 g/mol. The van der Waals surface area contributed by atoms with Crippen LogP contribution in [0.25, 0.3) is 0 Å². The minimum atomic E-state index is -3.39. The average Bonchev–Trinajstić information content (AvgIpc) is 2.17. The molecule has 0 aromatic rings. The van der Waals surface area contributed by atoms with Crippen molar-refractivity contribution in [1.29, 1.82) is 0 Å². The molecule has 0 aromatic heterocycles. The van der Waals surface area contributed by atoms with Crippen LogP contribution >= 0.6 is 7.60 Å². The molecule has 5 heteroatoms. The van der Waals surface area contributed by atoms with E-state index in [1.54, 1.807) is 13.8 Å². The molecule has 16 heavy (non-hydrogen) atoms. The first kappa shape index (κ1) is 14.2. The number of aliphatic hydroxyl groups is 1. The van der Waals surface area contributed by atoms with E-state index < -0.39 is 12.9 Å². The van der Waals surface area contributed by atoms with Gasteiger partial charge in [-0.15, -0.1) is 0 Å². The second kappa shape index (κ2) is 5.63. The molecule has 0 spiro atoms. The maximum atomic E-state index is 12.5. The SMILES string of the molecule is CCOP(=O)(OCC)[C@]1(O)CCC[C@H](C)C1. The summed E-state index contributed by atoms with van der Waals surface area (Å²) < 4.78 is 23.0. The summed E-state index contributed by atoms with van der Waals surface area (Å²) in [6, 6.07) is 0. The van der Waals surface area contributed by atoms with Crippen LogP contribution in [-0.4, -0.2) is 23.7 Å². The van der Waals surface area contributed by atoms with Gasteiger partial charge in [0.15, 0.2) is 5.34 Å². The summed E-state index contributed by atoms with van der Waals surface area (Å²) in [5.74, 6) is 0.369. The van der Waals surface area contributed by atoms with Gasteiger partial charge in [0.2, 0.25) is 0 Å². The highest BCUT2D eigenvalue weighted by atomic mass is 31.2. The first-order valence-electron chi connectivity index (χ1n) is 6.09. The summed E-state index contributed by atoms with van der Waals surface area (Å²) in [4.78, 5) is 0. The molecule has 1 fully saturated rings. The Bertz CT molecular complexity index is 259. The highest BCUT2D eigenvalue weighted by Gasteiger charge is 2.51. The lowest BCUT2D eigenvalue weighted by Gasteiger charge is -2.39. The van der Waals surface area contributed by atoms with Crippen LogP contribution in [0.4, 0.5) is 0 Å². The fourth-order valence-corrected chi connectivity index (χ4v) is 4.56. The van der Waals surface area contributed by atoms with Crippen molar-refractivity contribution in [3.8, 4) is 0 Å². The third kappa shape index (κ3) is 2.86. The van der Waals surface area contributed by atoms with E-state index in [0.29, 0.717) is 32.0 Å². The first-order chi connectivity index (χ1) is 7.47. The van der Waals surface area contributed by atoms with Crippen LogP contribution in [0.15, 0.2) is 0 Å². The zero-order valence-electron chi connectivity index (χ0n) is 10.4. The smallest absolute Gasteiger partial charge is 0.361 e. The molecule has 0 aromatic carbocycles. The fraction of sp³-hybridized carbons (Fsp3) is 1.00. The maximum absolute atomic E-state index is 12.5. The quantitative estimate of drug-likeness (QED) is 0.761. The normalized spacial score (nSPS) is 31.6. The third-order valence-electron chi connectivity index (χ3n) is 3.06. The third-order valence-corrected chi connectivity index (χ3v) is 5.68. The standard InChI is InChI=1S/C11H23O4P/c1-4-14-16(13,15-5-2)11(12)8-6-7-10(3)9-11/h10,12H,4-9H2,1-3H3/t10-,11+/m0/s1. The molecule has 4 nitrogen and oxygen atoms in total. The van der Waals surface area contributed by atoms with Gasteiger partial charge in [0.1, 0.15) is 0 Å². The molecule has 0 unspecified atom stereocenters. The molecular formula is C11H23O4P. The lowest BCUT2D eigenvalue weighted by atomic mass is 9.88. The van der Waals surface area contributed by atoms with E-state index in [2.05, 4.69) is 6.92 Å². The molecule has 1 N–H and O–H groups in total. The minimum Gasteiger partial charge on any atom is -0.377 e. The van der Waals surface area contributed by atoms with Crippen molar-refractivity contribution in [3.05, 3.63) is 0 Å². The van der Waals surface area contributed by atoms with Crippen molar-refractivity contribution in [2.24, 2.45) is 5.92 Å². The second-order valence-electron chi connectivity index (χ2n) is 4.52. The molecule has 1 saturated carbocycles. The Morgan fingerprint density at radius 3 is 2.38 bits per heavy atom. The van der Waals surface area contributed by atoms with E-state index in [1.807, 2.05) is 0 Å². The lowest BCUT2D eigenvalue weighted by Crippen LogP contribution is -2.36. The van der Waals surface area contributed by atoms with Crippen molar-refractivity contribution >= 4 is 7.60 Å². The van der Waals surface area contributed by atoms with Crippen molar-refractivity contribution in [1.82, 2.24) is 0 Å².